The first-order valence-electron chi connectivity index (χ1n) is 9.03. The van der Waals surface area contributed by atoms with Crippen LogP contribution in [0.3, 0.4) is 0 Å². The maximum Gasteiger partial charge on any atom is 0.268 e. The second kappa shape index (κ2) is 6.45. The summed E-state index contributed by atoms with van der Waals surface area (Å²) in [5.74, 6) is 0.915. The lowest BCUT2D eigenvalue weighted by molar-refractivity contribution is 0.0995. The molecule has 0 saturated carbocycles. The van der Waals surface area contributed by atoms with Crippen LogP contribution in [0.4, 0.5) is 5.82 Å². The second-order valence-electron chi connectivity index (χ2n) is 6.76. The molecule has 5 rings (SSSR count). The third kappa shape index (κ3) is 2.68. The van der Waals surface area contributed by atoms with Crippen molar-refractivity contribution in [1.82, 2.24) is 15.1 Å². The van der Waals surface area contributed by atoms with Gasteiger partial charge in [-0.2, -0.15) is 0 Å². The standard InChI is InChI=1S/C21H17N5O2/c22-21(27)17-10-23-11-19(24-17)26-9-8-18-16(12-26)20(25-28-18)15-7-3-5-13-4-1-2-6-14(13)15/h1-7,10-11H,8-9,12H2,(H2,22,27). The van der Waals surface area contributed by atoms with E-state index in [0.29, 0.717) is 25.3 Å². The number of nitrogens with zero attached hydrogens (tertiary/aromatic N) is 4. The van der Waals surface area contributed by atoms with Crippen LogP contribution in [0.1, 0.15) is 21.8 Å². The lowest BCUT2D eigenvalue weighted by Gasteiger charge is -2.27. The van der Waals surface area contributed by atoms with Gasteiger partial charge in [0.15, 0.2) is 0 Å². The molecule has 7 nitrogen and oxygen atoms in total. The number of hydrogen-bond donors (Lipinski definition) is 1. The Morgan fingerprint density at radius 2 is 1.96 bits per heavy atom. The number of fused-ring (bicyclic) bond motifs is 2. The summed E-state index contributed by atoms with van der Waals surface area (Å²) in [6, 6.07) is 14.4. The van der Waals surface area contributed by atoms with Gasteiger partial charge in [0.25, 0.3) is 5.91 Å². The monoisotopic (exact) mass is 371 g/mol. The maximum atomic E-state index is 11.4. The van der Waals surface area contributed by atoms with Crippen molar-refractivity contribution < 1.29 is 9.32 Å². The molecule has 0 radical (unpaired) electrons. The Bertz CT molecular complexity index is 1200. The molecule has 2 aromatic carbocycles. The predicted octanol–water partition coefficient (Wildman–Crippen LogP) is 2.95. The maximum absolute atomic E-state index is 11.4. The largest absolute Gasteiger partial charge is 0.364 e. The molecular weight excluding hydrogens is 354 g/mol. The van der Waals surface area contributed by atoms with Crippen LogP contribution in [0.2, 0.25) is 0 Å². The molecule has 2 N–H and O–H groups in total. The van der Waals surface area contributed by atoms with E-state index >= 15 is 0 Å². The highest BCUT2D eigenvalue weighted by Crippen LogP contribution is 2.35. The summed E-state index contributed by atoms with van der Waals surface area (Å²) in [7, 11) is 0. The van der Waals surface area contributed by atoms with Crippen LogP contribution < -0.4 is 10.6 Å². The van der Waals surface area contributed by atoms with E-state index in [-0.39, 0.29) is 5.69 Å². The lowest BCUT2D eigenvalue weighted by atomic mass is 9.97. The van der Waals surface area contributed by atoms with Gasteiger partial charge in [-0.3, -0.25) is 9.78 Å². The minimum absolute atomic E-state index is 0.155. The summed E-state index contributed by atoms with van der Waals surface area (Å²) in [6.07, 6.45) is 3.72. The number of hydrogen-bond acceptors (Lipinski definition) is 6. The van der Waals surface area contributed by atoms with Crippen molar-refractivity contribution in [2.45, 2.75) is 13.0 Å². The first-order valence-corrected chi connectivity index (χ1v) is 9.03. The van der Waals surface area contributed by atoms with Crippen molar-refractivity contribution in [2.24, 2.45) is 5.73 Å². The molecule has 138 valence electrons. The minimum Gasteiger partial charge on any atom is -0.364 e. The van der Waals surface area contributed by atoms with E-state index in [2.05, 4.69) is 44.3 Å². The highest BCUT2D eigenvalue weighted by Gasteiger charge is 2.26. The van der Waals surface area contributed by atoms with E-state index in [9.17, 15) is 4.79 Å². The van der Waals surface area contributed by atoms with Crippen LogP contribution >= 0.6 is 0 Å². The smallest absolute Gasteiger partial charge is 0.268 e. The van der Waals surface area contributed by atoms with Gasteiger partial charge >= 0.3 is 0 Å². The number of aromatic nitrogens is 3. The van der Waals surface area contributed by atoms with Crippen LogP contribution in [0.25, 0.3) is 22.0 Å². The van der Waals surface area contributed by atoms with Crippen molar-refractivity contribution in [1.29, 1.82) is 0 Å². The first-order chi connectivity index (χ1) is 13.7. The van der Waals surface area contributed by atoms with Gasteiger partial charge in [-0.15, -0.1) is 0 Å². The molecule has 0 bridgehead atoms. The fraction of sp³-hybridized carbons (Fsp3) is 0.143. The van der Waals surface area contributed by atoms with Crippen LogP contribution in [0.15, 0.2) is 59.4 Å². The Balaban J connectivity index is 1.56. The van der Waals surface area contributed by atoms with Crippen molar-refractivity contribution in [3.63, 3.8) is 0 Å². The third-order valence-corrected chi connectivity index (χ3v) is 5.07. The fourth-order valence-corrected chi connectivity index (χ4v) is 3.67. The van der Waals surface area contributed by atoms with Gasteiger partial charge in [-0.05, 0) is 10.8 Å². The third-order valence-electron chi connectivity index (χ3n) is 5.07. The molecule has 2 aromatic heterocycles. The quantitative estimate of drug-likeness (QED) is 0.594. The molecule has 0 atom stereocenters. The summed E-state index contributed by atoms with van der Waals surface area (Å²) < 4.78 is 5.65. The van der Waals surface area contributed by atoms with E-state index in [4.69, 9.17) is 10.3 Å². The van der Waals surface area contributed by atoms with Gasteiger partial charge in [-0.25, -0.2) is 4.98 Å². The summed E-state index contributed by atoms with van der Waals surface area (Å²) in [5, 5.41) is 6.67. The second-order valence-corrected chi connectivity index (χ2v) is 6.76. The van der Waals surface area contributed by atoms with Gasteiger partial charge in [0.05, 0.1) is 18.9 Å². The summed E-state index contributed by atoms with van der Waals surface area (Å²) in [4.78, 5) is 21.9. The average molecular weight is 371 g/mol. The molecule has 7 heteroatoms. The molecule has 1 aliphatic heterocycles. The SMILES string of the molecule is NC(=O)c1cncc(N2CCc3onc(-c4cccc5ccccc45)c3C2)n1. The number of carbonyl (C=O) groups is 1. The average Bonchev–Trinajstić information content (AvgIpc) is 3.16. The van der Waals surface area contributed by atoms with E-state index in [0.717, 1.165) is 33.4 Å². The molecule has 0 aliphatic carbocycles. The number of carbonyl (C=O) groups excluding carboxylic acids is 1. The van der Waals surface area contributed by atoms with Crippen LogP contribution in [-0.4, -0.2) is 27.6 Å². The number of nitrogens with two attached hydrogens (primary N) is 1. The van der Waals surface area contributed by atoms with E-state index in [1.165, 1.54) is 6.20 Å². The first kappa shape index (κ1) is 16.4. The molecule has 4 aromatic rings. The van der Waals surface area contributed by atoms with Crippen LogP contribution in [0.5, 0.6) is 0 Å². The number of rotatable bonds is 3. The fourth-order valence-electron chi connectivity index (χ4n) is 3.67. The molecule has 1 aliphatic rings. The molecule has 0 saturated heterocycles. The summed E-state index contributed by atoms with van der Waals surface area (Å²) >= 11 is 0. The van der Waals surface area contributed by atoms with E-state index in [1.807, 2.05) is 18.2 Å². The zero-order chi connectivity index (χ0) is 19.1. The Morgan fingerprint density at radius 3 is 2.86 bits per heavy atom. The van der Waals surface area contributed by atoms with Crippen molar-refractivity contribution in [3.05, 3.63) is 71.9 Å². The van der Waals surface area contributed by atoms with Gasteiger partial charge in [-0.1, -0.05) is 47.6 Å². The van der Waals surface area contributed by atoms with E-state index in [1.54, 1.807) is 6.20 Å². The molecule has 1 amide bonds. The zero-order valence-corrected chi connectivity index (χ0v) is 15.0. The number of benzene rings is 2. The van der Waals surface area contributed by atoms with Crippen molar-refractivity contribution in [2.75, 3.05) is 11.4 Å². The molecule has 28 heavy (non-hydrogen) atoms. The molecule has 0 unspecified atom stereocenters. The summed E-state index contributed by atoms with van der Waals surface area (Å²) in [6.45, 7) is 1.28. The topological polar surface area (TPSA) is 98.1 Å². The number of primary amides is 1. The van der Waals surface area contributed by atoms with E-state index < -0.39 is 5.91 Å². The Kier molecular flexibility index (Phi) is 3.79. The lowest BCUT2D eigenvalue weighted by Crippen LogP contribution is -2.31. The van der Waals surface area contributed by atoms with Gasteiger partial charge in [0.2, 0.25) is 0 Å². The van der Waals surface area contributed by atoms with Gasteiger partial charge in [0.1, 0.15) is 23.0 Å². The van der Waals surface area contributed by atoms with Crippen LogP contribution in [0, 0.1) is 0 Å². The summed E-state index contributed by atoms with van der Waals surface area (Å²) in [5.41, 5.74) is 8.42. The highest BCUT2D eigenvalue weighted by molar-refractivity contribution is 5.96. The molecular formula is C21H17N5O2. The zero-order valence-electron chi connectivity index (χ0n) is 15.0. The molecule has 3 heterocycles. The Hall–Kier alpha value is -3.74. The number of anilines is 1. The minimum atomic E-state index is -0.589. The van der Waals surface area contributed by atoms with Crippen molar-refractivity contribution in [3.8, 4) is 11.3 Å². The predicted molar refractivity (Wildman–Crippen MR) is 105 cm³/mol. The Labute approximate surface area is 160 Å². The highest BCUT2D eigenvalue weighted by atomic mass is 16.5. The Morgan fingerprint density at radius 1 is 1.11 bits per heavy atom. The molecule has 0 fully saturated rings. The van der Waals surface area contributed by atoms with Crippen LogP contribution in [-0.2, 0) is 13.0 Å². The molecule has 0 spiro atoms. The van der Waals surface area contributed by atoms with Gasteiger partial charge < -0.3 is 15.2 Å². The van der Waals surface area contributed by atoms with Crippen molar-refractivity contribution >= 4 is 22.5 Å². The normalized spacial score (nSPS) is 13.5. The number of amides is 1. The van der Waals surface area contributed by atoms with Gasteiger partial charge in [0, 0.05) is 24.1 Å².